The van der Waals surface area contributed by atoms with E-state index >= 15 is 0 Å². The largest absolute Gasteiger partial charge is 0.454 e. The maximum absolute atomic E-state index is 5.55. The first-order valence-corrected chi connectivity index (χ1v) is 8.23. The monoisotopic (exact) mass is 362 g/mol. The standard InChI is InChI=1S/C17H26N2O2.2ClH/c1-2-3-4-5-15(19-10-8-18-9-11-19)14-6-7-16-17(12-14)21-13-20-16;;/h6-7,12,15,18H,2-5,8-11,13H2,1H3;2*1H/t15-;;/m0../s1. The number of hydrogen-bond acceptors (Lipinski definition) is 4. The van der Waals surface area contributed by atoms with Crippen LogP contribution in [0.5, 0.6) is 11.5 Å². The van der Waals surface area contributed by atoms with E-state index in [1.54, 1.807) is 0 Å². The average molecular weight is 363 g/mol. The van der Waals surface area contributed by atoms with Crippen LogP contribution in [0.15, 0.2) is 18.2 Å². The second kappa shape index (κ2) is 10.2. The summed E-state index contributed by atoms with van der Waals surface area (Å²) in [6, 6.07) is 6.97. The minimum atomic E-state index is 0. The first kappa shape index (κ1) is 20.4. The van der Waals surface area contributed by atoms with Gasteiger partial charge in [-0.1, -0.05) is 32.3 Å². The summed E-state index contributed by atoms with van der Waals surface area (Å²) in [5.41, 5.74) is 1.37. The third-order valence-electron chi connectivity index (χ3n) is 4.45. The van der Waals surface area contributed by atoms with E-state index in [-0.39, 0.29) is 24.8 Å². The van der Waals surface area contributed by atoms with Gasteiger partial charge in [0.2, 0.25) is 6.79 Å². The van der Waals surface area contributed by atoms with Crippen molar-refractivity contribution >= 4 is 24.8 Å². The van der Waals surface area contributed by atoms with Crippen LogP contribution in [0.4, 0.5) is 0 Å². The Morgan fingerprint density at radius 2 is 1.83 bits per heavy atom. The highest BCUT2D eigenvalue weighted by Gasteiger charge is 2.24. The molecule has 0 amide bonds. The fourth-order valence-corrected chi connectivity index (χ4v) is 3.26. The molecule has 0 saturated carbocycles. The molecule has 1 fully saturated rings. The maximum atomic E-state index is 5.55. The van der Waals surface area contributed by atoms with Gasteiger partial charge in [0, 0.05) is 32.2 Å². The van der Waals surface area contributed by atoms with Crippen LogP contribution in [0.3, 0.4) is 0 Å². The van der Waals surface area contributed by atoms with Gasteiger partial charge in [0.05, 0.1) is 0 Å². The molecule has 1 aromatic carbocycles. The Morgan fingerprint density at radius 3 is 2.57 bits per heavy atom. The van der Waals surface area contributed by atoms with Gasteiger partial charge in [0.1, 0.15) is 0 Å². The molecule has 1 N–H and O–H groups in total. The summed E-state index contributed by atoms with van der Waals surface area (Å²) in [7, 11) is 0. The normalized spacial score (nSPS) is 18.0. The molecule has 0 aromatic heterocycles. The molecule has 0 unspecified atom stereocenters. The Labute approximate surface area is 151 Å². The van der Waals surface area contributed by atoms with Crippen molar-refractivity contribution in [2.75, 3.05) is 33.0 Å². The van der Waals surface area contributed by atoms with E-state index in [1.807, 2.05) is 0 Å². The summed E-state index contributed by atoms with van der Waals surface area (Å²) in [5.74, 6) is 1.79. The zero-order valence-corrected chi connectivity index (χ0v) is 15.4. The third-order valence-corrected chi connectivity index (χ3v) is 4.45. The highest BCUT2D eigenvalue weighted by atomic mass is 35.5. The SMILES string of the molecule is CCCCC[C@@H](c1ccc2c(c1)OCO2)N1CCNCC1.Cl.Cl. The molecule has 0 aliphatic carbocycles. The predicted molar refractivity (Wildman–Crippen MR) is 98.4 cm³/mol. The topological polar surface area (TPSA) is 33.7 Å². The number of nitrogens with one attached hydrogen (secondary N) is 1. The molecule has 1 saturated heterocycles. The number of benzene rings is 1. The summed E-state index contributed by atoms with van der Waals surface area (Å²) in [4.78, 5) is 2.61. The molecule has 2 aliphatic heterocycles. The van der Waals surface area contributed by atoms with Crippen molar-refractivity contribution in [3.8, 4) is 11.5 Å². The number of piperazine rings is 1. The van der Waals surface area contributed by atoms with Gasteiger partial charge in [-0.25, -0.2) is 0 Å². The van der Waals surface area contributed by atoms with E-state index in [0.29, 0.717) is 12.8 Å². The second-order valence-corrected chi connectivity index (χ2v) is 5.91. The van der Waals surface area contributed by atoms with Gasteiger partial charge in [0.25, 0.3) is 0 Å². The molecular weight excluding hydrogens is 335 g/mol. The Hall–Kier alpha value is -0.680. The summed E-state index contributed by atoms with van der Waals surface area (Å²) in [6.45, 7) is 7.06. The van der Waals surface area contributed by atoms with Crippen LogP contribution >= 0.6 is 24.8 Å². The minimum Gasteiger partial charge on any atom is -0.454 e. The molecule has 132 valence electrons. The van der Waals surface area contributed by atoms with Crippen LogP contribution in [0.1, 0.15) is 44.2 Å². The van der Waals surface area contributed by atoms with Crippen LogP contribution in [0, 0.1) is 0 Å². The number of ether oxygens (including phenoxy) is 2. The molecule has 1 aromatic rings. The van der Waals surface area contributed by atoms with E-state index in [0.717, 1.165) is 37.7 Å². The van der Waals surface area contributed by atoms with E-state index in [9.17, 15) is 0 Å². The van der Waals surface area contributed by atoms with Crippen molar-refractivity contribution in [1.82, 2.24) is 10.2 Å². The quantitative estimate of drug-likeness (QED) is 0.780. The third kappa shape index (κ3) is 5.15. The average Bonchev–Trinajstić information content (AvgIpc) is 3.00. The van der Waals surface area contributed by atoms with Crippen molar-refractivity contribution in [2.24, 2.45) is 0 Å². The van der Waals surface area contributed by atoms with Crippen molar-refractivity contribution in [1.29, 1.82) is 0 Å². The summed E-state index contributed by atoms with van der Waals surface area (Å²) in [6.07, 6.45) is 5.11. The Bertz CT molecular complexity index is 468. The molecule has 3 rings (SSSR count). The zero-order valence-electron chi connectivity index (χ0n) is 13.8. The smallest absolute Gasteiger partial charge is 0.231 e. The first-order chi connectivity index (χ1) is 10.4. The lowest BCUT2D eigenvalue weighted by Crippen LogP contribution is -2.45. The summed E-state index contributed by atoms with van der Waals surface area (Å²) < 4.78 is 11.0. The van der Waals surface area contributed by atoms with Gasteiger partial charge in [0.15, 0.2) is 11.5 Å². The number of nitrogens with zero attached hydrogens (tertiary/aromatic N) is 1. The van der Waals surface area contributed by atoms with Gasteiger partial charge in [-0.3, -0.25) is 4.90 Å². The van der Waals surface area contributed by atoms with E-state index in [2.05, 4.69) is 35.3 Å². The van der Waals surface area contributed by atoms with Crippen molar-refractivity contribution < 1.29 is 9.47 Å². The summed E-state index contributed by atoms with van der Waals surface area (Å²) >= 11 is 0. The maximum Gasteiger partial charge on any atom is 0.231 e. The van der Waals surface area contributed by atoms with E-state index < -0.39 is 0 Å². The summed E-state index contributed by atoms with van der Waals surface area (Å²) in [5, 5.41) is 3.44. The van der Waals surface area contributed by atoms with E-state index in [1.165, 1.54) is 31.2 Å². The van der Waals surface area contributed by atoms with Crippen molar-refractivity contribution in [3.05, 3.63) is 23.8 Å². The molecule has 1 atom stereocenters. The molecule has 4 nitrogen and oxygen atoms in total. The number of rotatable bonds is 6. The number of fused-ring (bicyclic) bond motifs is 1. The number of unbranched alkanes of at least 4 members (excludes halogenated alkanes) is 2. The Morgan fingerprint density at radius 1 is 1.09 bits per heavy atom. The number of hydrogen-bond donors (Lipinski definition) is 1. The van der Waals surface area contributed by atoms with Crippen molar-refractivity contribution in [3.63, 3.8) is 0 Å². The molecular formula is C17H28Cl2N2O2. The van der Waals surface area contributed by atoms with E-state index in [4.69, 9.17) is 9.47 Å². The molecule has 23 heavy (non-hydrogen) atoms. The molecule has 0 spiro atoms. The van der Waals surface area contributed by atoms with Gasteiger partial charge >= 0.3 is 0 Å². The molecule has 0 radical (unpaired) electrons. The minimum absolute atomic E-state index is 0. The van der Waals surface area contributed by atoms with Crippen LogP contribution < -0.4 is 14.8 Å². The molecule has 6 heteroatoms. The zero-order chi connectivity index (χ0) is 14.5. The van der Waals surface area contributed by atoms with Crippen LogP contribution in [0.2, 0.25) is 0 Å². The fourth-order valence-electron chi connectivity index (χ4n) is 3.26. The van der Waals surface area contributed by atoms with Crippen LogP contribution in [-0.4, -0.2) is 37.9 Å². The van der Waals surface area contributed by atoms with Gasteiger partial charge in [-0.2, -0.15) is 0 Å². The second-order valence-electron chi connectivity index (χ2n) is 5.91. The lowest BCUT2D eigenvalue weighted by atomic mass is 9.97. The van der Waals surface area contributed by atoms with Crippen LogP contribution in [-0.2, 0) is 0 Å². The lowest BCUT2D eigenvalue weighted by Gasteiger charge is -2.35. The highest BCUT2D eigenvalue weighted by Crippen LogP contribution is 2.37. The highest BCUT2D eigenvalue weighted by molar-refractivity contribution is 5.85. The Balaban J connectivity index is 0.00000132. The van der Waals surface area contributed by atoms with Crippen LogP contribution in [0.25, 0.3) is 0 Å². The number of halogens is 2. The predicted octanol–water partition coefficient (Wildman–Crippen LogP) is 3.79. The lowest BCUT2D eigenvalue weighted by molar-refractivity contribution is 0.162. The Kier molecular flexibility index (Phi) is 9.07. The van der Waals surface area contributed by atoms with Crippen molar-refractivity contribution in [2.45, 2.75) is 38.6 Å². The molecule has 2 aliphatic rings. The first-order valence-electron chi connectivity index (χ1n) is 8.23. The van der Waals surface area contributed by atoms with Gasteiger partial charge in [-0.05, 0) is 24.1 Å². The van der Waals surface area contributed by atoms with Gasteiger partial charge < -0.3 is 14.8 Å². The molecule has 2 heterocycles. The fraction of sp³-hybridized carbons (Fsp3) is 0.647. The van der Waals surface area contributed by atoms with Gasteiger partial charge in [-0.15, -0.1) is 24.8 Å². The molecule has 0 bridgehead atoms.